The standard InChI is InChI=1S/C15H29N3O/c1-15(2,3)13(9-11-17)7-8-14(19)18-12-6-4-5-10-16/h13H,4-9,11-12,17H2,1-3H3,(H,18,19). The van der Waals surface area contributed by atoms with E-state index in [1.165, 1.54) is 0 Å². The van der Waals surface area contributed by atoms with Crippen LogP contribution in [0.5, 0.6) is 0 Å². The lowest BCUT2D eigenvalue weighted by Crippen LogP contribution is -2.28. The number of nitrogens with two attached hydrogens (primary N) is 1. The fourth-order valence-electron chi connectivity index (χ4n) is 2.16. The van der Waals surface area contributed by atoms with Gasteiger partial charge in [0.2, 0.25) is 5.91 Å². The molecule has 0 fully saturated rings. The van der Waals surface area contributed by atoms with Gasteiger partial charge in [0.15, 0.2) is 0 Å². The highest BCUT2D eigenvalue weighted by atomic mass is 16.1. The Hall–Kier alpha value is -1.08. The highest BCUT2D eigenvalue weighted by molar-refractivity contribution is 5.75. The van der Waals surface area contributed by atoms with Crippen molar-refractivity contribution in [2.75, 3.05) is 13.1 Å². The molecule has 1 unspecified atom stereocenters. The van der Waals surface area contributed by atoms with Crippen LogP contribution >= 0.6 is 0 Å². The minimum absolute atomic E-state index is 0.114. The minimum Gasteiger partial charge on any atom is -0.356 e. The predicted octanol–water partition coefficient (Wildman–Crippen LogP) is 2.59. The lowest BCUT2D eigenvalue weighted by atomic mass is 9.76. The highest BCUT2D eigenvalue weighted by Gasteiger charge is 2.24. The van der Waals surface area contributed by atoms with E-state index >= 15 is 0 Å². The fraction of sp³-hybridized carbons (Fsp3) is 0.867. The Morgan fingerprint density at radius 2 is 2.00 bits per heavy atom. The zero-order chi connectivity index (χ0) is 14.7. The number of amides is 1. The molecule has 0 aliphatic heterocycles. The Labute approximate surface area is 117 Å². The molecule has 19 heavy (non-hydrogen) atoms. The first-order chi connectivity index (χ1) is 8.91. The SMILES string of the molecule is CC(C)(C)C(CCN)CCC(=O)NCCCCC#N. The number of nitrogens with one attached hydrogen (secondary N) is 1. The molecule has 1 amide bonds. The van der Waals surface area contributed by atoms with Crippen LogP contribution in [0, 0.1) is 22.7 Å². The second-order valence-corrected chi connectivity index (χ2v) is 6.14. The number of carbonyl (C=O) groups is 1. The maximum atomic E-state index is 11.7. The first kappa shape index (κ1) is 17.9. The molecule has 0 aromatic rings. The van der Waals surface area contributed by atoms with Crippen molar-refractivity contribution in [3.05, 3.63) is 0 Å². The van der Waals surface area contributed by atoms with Crippen molar-refractivity contribution in [3.63, 3.8) is 0 Å². The number of nitrogens with zero attached hydrogens (tertiary/aromatic N) is 1. The molecule has 1 atom stereocenters. The first-order valence-electron chi connectivity index (χ1n) is 7.25. The van der Waals surface area contributed by atoms with Crippen molar-refractivity contribution in [1.82, 2.24) is 5.32 Å². The number of hydrogen-bond donors (Lipinski definition) is 2. The molecule has 0 aromatic carbocycles. The average Bonchev–Trinajstić information content (AvgIpc) is 2.32. The quantitative estimate of drug-likeness (QED) is 0.630. The van der Waals surface area contributed by atoms with Gasteiger partial charge in [-0.2, -0.15) is 5.26 Å². The Morgan fingerprint density at radius 3 is 2.53 bits per heavy atom. The van der Waals surface area contributed by atoms with Gasteiger partial charge in [0.05, 0.1) is 6.07 Å². The molecule has 3 N–H and O–H groups in total. The predicted molar refractivity (Wildman–Crippen MR) is 78.3 cm³/mol. The molecule has 0 heterocycles. The van der Waals surface area contributed by atoms with Gasteiger partial charge < -0.3 is 11.1 Å². The maximum Gasteiger partial charge on any atom is 0.220 e. The van der Waals surface area contributed by atoms with E-state index < -0.39 is 0 Å². The van der Waals surface area contributed by atoms with E-state index in [-0.39, 0.29) is 11.3 Å². The van der Waals surface area contributed by atoms with Gasteiger partial charge in [-0.15, -0.1) is 0 Å². The smallest absolute Gasteiger partial charge is 0.220 e. The molecule has 4 nitrogen and oxygen atoms in total. The number of carbonyl (C=O) groups excluding carboxylic acids is 1. The van der Waals surface area contributed by atoms with Crippen molar-refractivity contribution in [1.29, 1.82) is 5.26 Å². The second kappa shape index (κ2) is 9.80. The third-order valence-electron chi connectivity index (χ3n) is 3.50. The largest absolute Gasteiger partial charge is 0.356 e. The van der Waals surface area contributed by atoms with Crippen LogP contribution in [-0.4, -0.2) is 19.0 Å². The fourth-order valence-corrected chi connectivity index (χ4v) is 2.16. The summed E-state index contributed by atoms with van der Waals surface area (Å²) in [5, 5.41) is 11.3. The molecule has 0 rings (SSSR count). The summed E-state index contributed by atoms with van der Waals surface area (Å²) < 4.78 is 0. The molecule has 0 aliphatic rings. The number of hydrogen-bond acceptors (Lipinski definition) is 3. The van der Waals surface area contributed by atoms with Gasteiger partial charge in [-0.25, -0.2) is 0 Å². The summed E-state index contributed by atoms with van der Waals surface area (Å²) in [6, 6.07) is 2.10. The van der Waals surface area contributed by atoms with Gasteiger partial charge in [0.1, 0.15) is 0 Å². The Balaban J connectivity index is 3.84. The van der Waals surface area contributed by atoms with Crippen LogP contribution in [0.3, 0.4) is 0 Å². The van der Waals surface area contributed by atoms with Crippen LogP contribution in [0.1, 0.15) is 59.3 Å². The molecule has 0 bridgehead atoms. The normalized spacial score (nSPS) is 12.8. The lowest BCUT2D eigenvalue weighted by Gasteiger charge is -2.30. The molecule has 0 spiro atoms. The molecular formula is C15H29N3O. The minimum atomic E-state index is 0.114. The van der Waals surface area contributed by atoms with Crippen LogP contribution in [0.25, 0.3) is 0 Å². The van der Waals surface area contributed by atoms with Crippen LogP contribution in [-0.2, 0) is 4.79 Å². The van der Waals surface area contributed by atoms with Gasteiger partial charge in [-0.3, -0.25) is 4.79 Å². The molecule has 0 aromatic heterocycles. The van der Waals surface area contributed by atoms with Crippen LogP contribution in [0.2, 0.25) is 0 Å². The molecule has 0 saturated carbocycles. The third-order valence-corrected chi connectivity index (χ3v) is 3.50. The third kappa shape index (κ3) is 9.49. The second-order valence-electron chi connectivity index (χ2n) is 6.14. The number of rotatable bonds is 9. The van der Waals surface area contributed by atoms with Crippen LogP contribution in [0.15, 0.2) is 0 Å². The van der Waals surface area contributed by atoms with Crippen LogP contribution < -0.4 is 11.1 Å². The Morgan fingerprint density at radius 1 is 1.32 bits per heavy atom. The van der Waals surface area contributed by atoms with Crippen molar-refractivity contribution >= 4 is 5.91 Å². The van der Waals surface area contributed by atoms with E-state index in [2.05, 4.69) is 32.2 Å². The summed E-state index contributed by atoms with van der Waals surface area (Å²) >= 11 is 0. The maximum absolute atomic E-state index is 11.7. The summed E-state index contributed by atoms with van der Waals surface area (Å²) in [5.74, 6) is 0.602. The van der Waals surface area contributed by atoms with E-state index in [1.54, 1.807) is 0 Å². The van der Waals surface area contributed by atoms with Gasteiger partial charge in [0, 0.05) is 19.4 Å². The monoisotopic (exact) mass is 267 g/mol. The number of nitriles is 1. The summed E-state index contributed by atoms with van der Waals surface area (Å²) in [4.78, 5) is 11.7. The summed E-state index contributed by atoms with van der Waals surface area (Å²) in [6.07, 6.45) is 4.74. The molecular weight excluding hydrogens is 238 g/mol. The van der Waals surface area contributed by atoms with Crippen molar-refractivity contribution in [2.45, 2.75) is 59.3 Å². The zero-order valence-electron chi connectivity index (χ0n) is 12.7. The summed E-state index contributed by atoms with van der Waals surface area (Å²) in [5.41, 5.74) is 5.83. The van der Waals surface area contributed by atoms with E-state index in [0.717, 1.165) is 25.7 Å². The molecule has 4 heteroatoms. The zero-order valence-corrected chi connectivity index (χ0v) is 12.7. The van der Waals surface area contributed by atoms with E-state index in [9.17, 15) is 4.79 Å². The Kier molecular flexibility index (Phi) is 9.24. The topological polar surface area (TPSA) is 78.9 Å². The van der Waals surface area contributed by atoms with Crippen molar-refractivity contribution in [3.8, 4) is 6.07 Å². The van der Waals surface area contributed by atoms with Gasteiger partial charge in [-0.1, -0.05) is 20.8 Å². The molecule has 0 saturated heterocycles. The van der Waals surface area contributed by atoms with Gasteiger partial charge in [-0.05, 0) is 43.6 Å². The first-order valence-corrected chi connectivity index (χ1v) is 7.25. The summed E-state index contributed by atoms with van der Waals surface area (Å²) in [7, 11) is 0. The summed E-state index contributed by atoms with van der Waals surface area (Å²) in [6.45, 7) is 7.96. The molecule has 110 valence electrons. The van der Waals surface area contributed by atoms with E-state index in [1.807, 2.05) is 0 Å². The van der Waals surface area contributed by atoms with Crippen LogP contribution in [0.4, 0.5) is 0 Å². The Bertz CT molecular complexity index is 289. The number of unbranched alkanes of at least 4 members (excludes halogenated alkanes) is 2. The molecule has 0 aliphatic carbocycles. The average molecular weight is 267 g/mol. The van der Waals surface area contributed by atoms with E-state index in [4.69, 9.17) is 11.0 Å². The lowest BCUT2D eigenvalue weighted by molar-refractivity contribution is -0.121. The highest BCUT2D eigenvalue weighted by Crippen LogP contribution is 2.31. The van der Waals surface area contributed by atoms with E-state index in [0.29, 0.717) is 31.8 Å². The van der Waals surface area contributed by atoms with Gasteiger partial charge in [0.25, 0.3) is 0 Å². The van der Waals surface area contributed by atoms with Crippen molar-refractivity contribution < 1.29 is 4.79 Å². The van der Waals surface area contributed by atoms with Gasteiger partial charge >= 0.3 is 0 Å². The van der Waals surface area contributed by atoms with Crippen molar-refractivity contribution in [2.24, 2.45) is 17.1 Å². The molecule has 0 radical (unpaired) electrons.